The van der Waals surface area contributed by atoms with Gasteiger partial charge in [-0.3, -0.25) is 4.90 Å². The molecule has 1 saturated heterocycles. The van der Waals surface area contributed by atoms with Gasteiger partial charge >= 0.3 is 0 Å². The Balaban J connectivity index is 1.37. The van der Waals surface area contributed by atoms with Crippen LogP contribution < -0.4 is 0 Å². The van der Waals surface area contributed by atoms with Gasteiger partial charge < -0.3 is 0 Å². The van der Waals surface area contributed by atoms with Gasteiger partial charge in [0.15, 0.2) is 11.6 Å². The van der Waals surface area contributed by atoms with E-state index < -0.39 is 0 Å². The molecule has 0 atom stereocenters. The minimum atomic E-state index is 0.180. The van der Waals surface area contributed by atoms with E-state index in [-0.39, 0.29) is 5.41 Å². The second kappa shape index (κ2) is 6.69. The van der Waals surface area contributed by atoms with Crippen LogP contribution in [0.25, 0.3) is 11.4 Å². The van der Waals surface area contributed by atoms with Crippen LogP contribution >= 0.6 is 0 Å². The zero-order chi connectivity index (χ0) is 19.4. The fraction of sp³-hybridized carbons (Fsp3) is 0.667. The Labute approximate surface area is 169 Å². The normalized spacial score (nSPS) is 22.4. The summed E-state index contributed by atoms with van der Waals surface area (Å²) < 4.78 is 2.21. The standard InChI is InChI=1S/C24H34N4/c1-23(2,3)19-8-6-18(7-9-19)22-25-21(26-28(22)20-10-11-20)16-27-15-14-24(17-27)12-4-5-13-24/h6-9,20H,4-5,10-17H2,1-3H3. The predicted octanol–water partition coefficient (Wildman–Crippen LogP) is 5.34. The van der Waals surface area contributed by atoms with Crippen LogP contribution in [-0.4, -0.2) is 32.8 Å². The van der Waals surface area contributed by atoms with Gasteiger partial charge in [-0.05, 0) is 55.0 Å². The highest BCUT2D eigenvalue weighted by molar-refractivity contribution is 5.56. The molecule has 4 heteroatoms. The molecular weight excluding hydrogens is 344 g/mol. The van der Waals surface area contributed by atoms with Gasteiger partial charge in [0.25, 0.3) is 0 Å². The lowest BCUT2D eigenvalue weighted by Crippen LogP contribution is -2.25. The second-order valence-corrected chi connectivity index (χ2v) is 10.5. The van der Waals surface area contributed by atoms with Crippen LogP contribution in [0.15, 0.2) is 24.3 Å². The zero-order valence-corrected chi connectivity index (χ0v) is 17.7. The van der Waals surface area contributed by atoms with Crippen LogP contribution in [0.5, 0.6) is 0 Å². The fourth-order valence-electron chi connectivity index (χ4n) is 5.22. The van der Waals surface area contributed by atoms with Gasteiger partial charge in [-0.25, -0.2) is 9.67 Å². The molecule has 150 valence electrons. The molecule has 2 aliphatic carbocycles. The van der Waals surface area contributed by atoms with Crippen LogP contribution in [-0.2, 0) is 12.0 Å². The molecule has 28 heavy (non-hydrogen) atoms. The molecule has 5 rings (SSSR count). The number of benzene rings is 1. The third-order valence-corrected chi connectivity index (χ3v) is 7.12. The summed E-state index contributed by atoms with van der Waals surface area (Å²) in [5, 5.41) is 4.96. The largest absolute Gasteiger partial charge is 0.295 e. The molecule has 4 nitrogen and oxygen atoms in total. The van der Waals surface area contributed by atoms with E-state index >= 15 is 0 Å². The average molecular weight is 379 g/mol. The molecule has 0 amide bonds. The van der Waals surface area contributed by atoms with Gasteiger partial charge in [-0.1, -0.05) is 57.9 Å². The lowest BCUT2D eigenvalue weighted by atomic mass is 9.86. The Hall–Kier alpha value is -1.68. The van der Waals surface area contributed by atoms with Crippen molar-refractivity contribution in [2.45, 2.75) is 83.7 Å². The van der Waals surface area contributed by atoms with E-state index in [0.717, 1.165) is 18.2 Å². The van der Waals surface area contributed by atoms with E-state index in [0.29, 0.717) is 11.5 Å². The first-order chi connectivity index (χ1) is 13.4. The van der Waals surface area contributed by atoms with Crippen molar-refractivity contribution in [1.82, 2.24) is 19.7 Å². The summed E-state index contributed by atoms with van der Waals surface area (Å²) in [6, 6.07) is 9.53. The van der Waals surface area contributed by atoms with Gasteiger partial charge in [-0.15, -0.1) is 0 Å². The highest BCUT2D eigenvalue weighted by atomic mass is 15.4. The molecule has 2 heterocycles. The quantitative estimate of drug-likeness (QED) is 0.720. The van der Waals surface area contributed by atoms with Crippen molar-refractivity contribution >= 4 is 0 Å². The maximum absolute atomic E-state index is 5.02. The molecule has 0 radical (unpaired) electrons. The second-order valence-electron chi connectivity index (χ2n) is 10.5. The van der Waals surface area contributed by atoms with Crippen LogP contribution in [0.4, 0.5) is 0 Å². The summed E-state index contributed by atoms with van der Waals surface area (Å²) in [7, 11) is 0. The monoisotopic (exact) mass is 378 g/mol. The third-order valence-electron chi connectivity index (χ3n) is 7.12. The highest BCUT2D eigenvalue weighted by Gasteiger charge is 2.40. The number of hydrogen-bond donors (Lipinski definition) is 0. The highest BCUT2D eigenvalue weighted by Crippen LogP contribution is 2.45. The van der Waals surface area contributed by atoms with Crippen molar-refractivity contribution in [2.75, 3.05) is 13.1 Å². The third kappa shape index (κ3) is 3.52. The van der Waals surface area contributed by atoms with Crippen LogP contribution in [0.3, 0.4) is 0 Å². The Morgan fingerprint density at radius 1 is 1.04 bits per heavy atom. The molecule has 3 aliphatic rings. The summed E-state index contributed by atoms with van der Waals surface area (Å²) in [4.78, 5) is 7.62. The Kier molecular flexibility index (Phi) is 4.38. The number of rotatable bonds is 4. The van der Waals surface area contributed by atoms with E-state index in [1.807, 2.05) is 0 Å². The first-order valence-electron chi connectivity index (χ1n) is 11.2. The van der Waals surface area contributed by atoms with E-state index in [2.05, 4.69) is 54.6 Å². The summed E-state index contributed by atoms with van der Waals surface area (Å²) in [6.07, 6.45) is 9.56. The molecule has 1 spiro atoms. The van der Waals surface area contributed by atoms with E-state index in [4.69, 9.17) is 10.1 Å². The van der Waals surface area contributed by atoms with Gasteiger partial charge in [-0.2, -0.15) is 5.10 Å². The van der Waals surface area contributed by atoms with Crippen LogP contribution in [0, 0.1) is 5.41 Å². The molecular formula is C24H34N4. The topological polar surface area (TPSA) is 34.0 Å². The molecule has 2 saturated carbocycles. The summed E-state index contributed by atoms with van der Waals surface area (Å²) in [5.41, 5.74) is 3.37. The van der Waals surface area contributed by atoms with Gasteiger partial charge in [0.2, 0.25) is 0 Å². The Morgan fingerprint density at radius 3 is 2.39 bits per heavy atom. The number of likely N-dealkylation sites (tertiary alicyclic amines) is 1. The Morgan fingerprint density at radius 2 is 1.75 bits per heavy atom. The number of hydrogen-bond acceptors (Lipinski definition) is 3. The van der Waals surface area contributed by atoms with Crippen molar-refractivity contribution < 1.29 is 0 Å². The van der Waals surface area contributed by atoms with Crippen LogP contribution in [0.2, 0.25) is 0 Å². The smallest absolute Gasteiger partial charge is 0.165 e. The van der Waals surface area contributed by atoms with E-state index in [9.17, 15) is 0 Å². The minimum absolute atomic E-state index is 0.180. The predicted molar refractivity (Wildman–Crippen MR) is 113 cm³/mol. The number of nitrogens with zero attached hydrogens (tertiary/aromatic N) is 4. The van der Waals surface area contributed by atoms with Gasteiger partial charge in [0, 0.05) is 12.1 Å². The molecule has 0 bridgehead atoms. The van der Waals surface area contributed by atoms with Crippen molar-refractivity contribution in [3.63, 3.8) is 0 Å². The summed E-state index contributed by atoms with van der Waals surface area (Å²) >= 11 is 0. The Bertz CT molecular complexity index is 832. The van der Waals surface area contributed by atoms with Gasteiger partial charge in [0.05, 0.1) is 12.6 Å². The molecule has 1 aliphatic heterocycles. The van der Waals surface area contributed by atoms with Crippen molar-refractivity contribution in [1.29, 1.82) is 0 Å². The number of aromatic nitrogens is 3. The molecule has 0 N–H and O–H groups in total. The maximum Gasteiger partial charge on any atom is 0.165 e. The van der Waals surface area contributed by atoms with E-state index in [1.165, 1.54) is 69.2 Å². The van der Waals surface area contributed by atoms with Crippen molar-refractivity contribution in [2.24, 2.45) is 5.41 Å². The lowest BCUT2D eigenvalue weighted by Gasteiger charge is -2.22. The fourth-order valence-corrected chi connectivity index (χ4v) is 5.22. The summed E-state index contributed by atoms with van der Waals surface area (Å²) in [5.74, 6) is 2.07. The minimum Gasteiger partial charge on any atom is -0.295 e. The van der Waals surface area contributed by atoms with Crippen LogP contribution in [0.1, 0.15) is 83.1 Å². The zero-order valence-electron chi connectivity index (χ0n) is 17.7. The molecule has 2 aromatic rings. The summed E-state index contributed by atoms with van der Waals surface area (Å²) in [6.45, 7) is 10.2. The molecule has 1 aromatic heterocycles. The first-order valence-corrected chi connectivity index (χ1v) is 11.2. The van der Waals surface area contributed by atoms with Gasteiger partial charge in [0.1, 0.15) is 0 Å². The van der Waals surface area contributed by atoms with Crippen molar-refractivity contribution in [3.8, 4) is 11.4 Å². The SMILES string of the molecule is CC(C)(C)c1ccc(-c2nc(CN3CCC4(CCCC4)C3)nn2C2CC2)cc1. The molecule has 1 aromatic carbocycles. The molecule has 0 unspecified atom stereocenters. The van der Waals surface area contributed by atoms with Crippen molar-refractivity contribution in [3.05, 3.63) is 35.7 Å². The van der Waals surface area contributed by atoms with E-state index in [1.54, 1.807) is 0 Å². The first kappa shape index (κ1) is 18.4. The maximum atomic E-state index is 5.02. The lowest BCUT2D eigenvalue weighted by molar-refractivity contribution is 0.252. The average Bonchev–Trinajstić information content (AvgIpc) is 3.09. The molecule has 3 fully saturated rings.